The van der Waals surface area contributed by atoms with Crippen molar-refractivity contribution in [3.05, 3.63) is 12.3 Å². The number of H-pyrrole nitrogens is 1. The molecule has 0 saturated carbocycles. The van der Waals surface area contributed by atoms with Gasteiger partial charge in [-0.1, -0.05) is 20.8 Å². The maximum absolute atomic E-state index is 3.96. The Morgan fingerprint density at radius 1 is 1.50 bits per heavy atom. The normalized spacial score (nSPS) is 21.4. The molecule has 0 radical (unpaired) electrons. The molecule has 1 aliphatic rings. The maximum Gasteiger partial charge on any atom is 0.123 e. The van der Waals surface area contributed by atoms with Gasteiger partial charge < -0.3 is 4.90 Å². The predicted octanol–water partition coefficient (Wildman–Crippen LogP) is 2.67. The molecule has 2 rings (SSSR count). The van der Waals surface area contributed by atoms with Gasteiger partial charge in [0, 0.05) is 19.2 Å². The second kappa shape index (κ2) is 5.68. The third kappa shape index (κ3) is 2.76. The molecule has 0 spiro atoms. The number of nitrogens with one attached hydrogen (secondary N) is 1. The molecule has 1 unspecified atom stereocenters. The molecule has 2 heterocycles. The predicted molar refractivity (Wildman–Crippen MR) is 60.5 cm³/mol. The third-order valence-corrected chi connectivity index (χ3v) is 2.48. The molecule has 1 fully saturated rings. The summed E-state index contributed by atoms with van der Waals surface area (Å²) < 4.78 is 0. The molecule has 1 aromatic rings. The van der Waals surface area contributed by atoms with E-state index in [4.69, 9.17) is 0 Å². The van der Waals surface area contributed by atoms with Gasteiger partial charge in [-0.05, 0) is 18.8 Å². The highest BCUT2D eigenvalue weighted by atomic mass is 15.3. The van der Waals surface area contributed by atoms with Crippen molar-refractivity contribution in [2.45, 2.75) is 33.6 Å². The minimum absolute atomic E-state index is 0.821. The Morgan fingerprint density at radius 3 is 2.86 bits per heavy atom. The van der Waals surface area contributed by atoms with Gasteiger partial charge in [0.25, 0.3) is 0 Å². The van der Waals surface area contributed by atoms with Crippen molar-refractivity contribution in [1.29, 1.82) is 0 Å². The van der Waals surface area contributed by atoms with Crippen LogP contribution < -0.4 is 4.90 Å². The van der Waals surface area contributed by atoms with Crippen LogP contribution in [0.4, 0.5) is 5.82 Å². The lowest BCUT2D eigenvalue weighted by Gasteiger charge is -2.31. The first kappa shape index (κ1) is 11.1. The minimum atomic E-state index is 0.821. The van der Waals surface area contributed by atoms with E-state index in [-0.39, 0.29) is 0 Å². The summed E-state index contributed by atoms with van der Waals surface area (Å²) in [5.41, 5.74) is 0. The van der Waals surface area contributed by atoms with Crippen LogP contribution in [-0.4, -0.2) is 23.3 Å². The first-order valence-electron chi connectivity index (χ1n) is 5.60. The number of aromatic nitrogens is 2. The topological polar surface area (TPSA) is 31.9 Å². The molecule has 0 aromatic carbocycles. The number of anilines is 1. The quantitative estimate of drug-likeness (QED) is 0.747. The second-order valence-corrected chi connectivity index (χ2v) is 3.64. The number of hydrogen-bond donors (Lipinski definition) is 1. The fraction of sp³-hybridized carbons (Fsp3) is 0.727. The molecule has 14 heavy (non-hydrogen) atoms. The Hall–Kier alpha value is -0.990. The van der Waals surface area contributed by atoms with E-state index in [2.05, 4.69) is 22.0 Å². The molecule has 0 amide bonds. The second-order valence-electron chi connectivity index (χ2n) is 3.64. The summed E-state index contributed by atoms with van der Waals surface area (Å²) in [4.78, 5) is 2.38. The van der Waals surface area contributed by atoms with E-state index in [9.17, 15) is 0 Å². The van der Waals surface area contributed by atoms with Gasteiger partial charge in [0.2, 0.25) is 0 Å². The molecule has 0 bridgehead atoms. The molecule has 1 aromatic heterocycles. The Bertz CT molecular complexity index is 231. The van der Waals surface area contributed by atoms with Crippen molar-refractivity contribution in [3.8, 4) is 0 Å². The van der Waals surface area contributed by atoms with Gasteiger partial charge in [0.15, 0.2) is 0 Å². The summed E-state index contributed by atoms with van der Waals surface area (Å²) in [5.74, 6) is 1.99. The smallest absolute Gasteiger partial charge is 0.123 e. The summed E-state index contributed by atoms with van der Waals surface area (Å²) in [6.45, 7) is 8.65. The zero-order chi connectivity index (χ0) is 10.4. The lowest BCUT2D eigenvalue weighted by atomic mass is 10.0. The first-order valence-corrected chi connectivity index (χ1v) is 5.60. The monoisotopic (exact) mass is 195 g/mol. The standard InChI is InChI=1S/C9H15N3.C2H6/c1-8-3-2-6-12(7-8)9-4-5-10-11-9;1-2/h4-5,8H,2-3,6-7H2,1H3,(H,10,11);1-2H3. The average Bonchev–Trinajstić information content (AvgIpc) is 2.74. The zero-order valence-electron chi connectivity index (χ0n) is 9.45. The summed E-state index contributed by atoms with van der Waals surface area (Å²) in [6.07, 6.45) is 4.49. The largest absolute Gasteiger partial charge is 0.357 e. The highest BCUT2D eigenvalue weighted by molar-refractivity contribution is 5.36. The molecule has 80 valence electrons. The van der Waals surface area contributed by atoms with E-state index in [1.807, 2.05) is 26.1 Å². The Labute approximate surface area is 86.5 Å². The van der Waals surface area contributed by atoms with E-state index < -0.39 is 0 Å². The Kier molecular flexibility index (Phi) is 4.50. The van der Waals surface area contributed by atoms with Crippen molar-refractivity contribution in [3.63, 3.8) is 0 Å². The van der Waals surface area contributed by atoms with Gasteiger partial charge in [0.05, 0.1) is 6.20 Å². The molecule has 1 saturated heterocycles. The van der Waals surface area contributed by atoms with Crippen LogP contribution in [0.1, 0.15) is 33.6 Å². The third-order valence-electron chi connectivity index (χ3n) is 2.48. The molecule has 1 aliphatic heterocycles. The van der Waals surface area contributed by atoms with Crippen LogP contribution in [0, 0.1) is 5.92 Å². The van der Waals surface area contributed by atoms with Crippen LogP contribution in [0.2, 0.25) is 0 Å². The fourth-order valence-electron chi connectivity index (χ4n) is 1.83. The summed E-state index contributed by atoms with van der Waals surface area (Å²) in [5, 5.41) is 6.96. The number of hydrogen-bond acceptors (Lipinski definition) is 2. The van der Waals surface area contributed by atoms with Crippen molar-refractivity contribution in [2.24, 2.45) is 5.92 Å². The number of piperidine rings is 1. The van der Waals surface area contributed by atoms with E-state index in [1.165, 1.54) is 31.7 Å². The summed E-state index contributed by atoms with van der Waals surface area (Å²) >= 11 is 0. The SMILES string of the molecule is CC.CC1CCCN(c2ccn[nH]2)C1. The van der Waals surface area contributed by atoms with Crippen LogP contribution in [0.3, 0.4) is 0 Å². The molecule has 3 nitrogen and oxygen atoms in total. The molecular formula is C11H21N3. The number of nitrogens with zero attached hydrogens (tertiary/aromatic N) is 2. The van der Waals surface area contributed by atoms with Crippen LogP contribution in [0.5, 0.6) is 0 Å². The first-order chi connectivity index (χ1) is 6.86. The molecule has 1 N–H and O–H groups in total. The van der Waals surface area contributed by atoms with Gasteiger partial charge >= 0.3 is 0 Å². The van der Waals surface area contributed by atoms with Gasteiger partial charge in [-0.25, -0.2) is 0 Å². The lowest BCUT2D eigenvalue weighted by Crippen LogP contribution is -2.34. The van der Waals surface area contributed by atoms with Crippen LogP contribution in [-0.2, 0) is 0 Å². The Balaban J connectivity index is 0.000000461. The maximum atomic E-state index is 3.96. The van der Waals surface area contributed by atoms with E-state index in [0.717, 1.165) is 5.92 Å². The summed E-state index contributed by atoms with van der Waals surface area (Å²) in [6, 6.07) is 2.04. The minimum Gasteiger partial charge on any atom is -0.357 e. The summed E-state index contributed by atoms with van der Waals surface area (Å²) in [7, 11) is 0. The molecule has 3 heteroatoms. The zero-order valence-corrected chi connectivity index (χ0v) is 9.45. The van der Waals surface area contributed by atoms with Gasteiger partial charge in [-0.15, -0.1) is 0 Å². The average molecular weight is 195 g/mol. The van der Waals surface area contributed by atoms with Crippen molar-refractivity contribution in [2.75, 3.05) is 18.0 Å². The van der Waals surface area contributed by atoms with E-state index in [0.29, 0.717) is 0 Å². The number of aromatic amines is 1. The Morgan fingerprint density at radius 2 is 2.29 bits per heavy atom. The van der Waals surface area contributed by atoms with E-state index in [1.54, 1.807) is 0 Å². The van der Waals surface area contributed by atoms with Crippen LogP contribution in [0.15, 0.2) is 12.3 Å². The van der Waals surface area contributed by atoms with Crippen LogP contribution >= 0.6 is 0 Å². The van der Waals surface area contributed by atoms with Gasteiger partial charge in [-0.3, -0.25) is 5.10 Å². The highest BCUT2D eigenvalue weighted by Gasteiger charge is 2.16. The van der Waals surface area contributed by atoms with E-state index >= 15 is 0 Å². The van der Waals surface area contributed by atoms with Crippen molar-refractivity contribution in [1.82, 2.24) is 10.2 Å². The lowest BCUT2D eigenvalue weighted by molar-refractivity contribution is 0.444. The number of rotatable bonds is 1. The molecule has 0 aliphatic carbocycles. The van der Waals surface area contributed by atoms with Gasteiger partial charge in [-0.2, -0.15) is 5.10 Å². The van der Waals surface area contributed by atoms with Gasteiger partial charge in [0.1, 0.15) is 5.82 Å². The molecular weight excluding hydrogens is 174 g/mol. The van der Waals surface area contributed by atoms with Crippen molar-refractivity contribution < 1.29 is 0 Å². The molecule has 1 atom stereocenters. The fourth-order valence-corrected chi connectivity index (χ4v) is 1.83. The van der Waals surface area contributed by atoms with Crippen LogP contribution in [0.25, 0.3) is 0 Å². The van der Waals surface area contributed by atoms with Crippen molar-refractivity contribution >= 4 is 5.82 Å². The highest BCUT2D eigenvalue weighted by Crippen LogP contribution is 2.20.